The lowest BCUT2D eigenvalue weighted by molar-refractivity contribution is 0.340. The summed E-state index contributed by atoms with van der Waals surface area (Å²) in [5.74, 6) is 0.383. The van der Waals surface area contributed by atoms with Gasteiger partial charge in [0.1, 0.15) is 17.3 Å². The summed E-state index contributed by atoms with van der Waals surface area (Å²) in [7, 11) is 0. The third-order valence-electron chi connectivity index (χ3n) is 2.41. The first-order chi connectivity index (χ1) is 8.20. The highest BCUT2D eigenvalue weighted by molar-refractivity contribution is 5.71. The molecule has 0 atom stereocenters. The van der Waals surface area contributed by atoms with Gasteiger partial charge in [-0.25, -0.2) is 4.39 Å². The maximum atomic E-state index is 13.1. The van der Waals surface area contributed by atoms with E-state index in [4.69, 9.17) is 4.74 Å². The second-order valence-electron chi connectivity index (χ2n) is 3.62. The highest BCUT2D eigenvalue weighted by atomic mass is 19.1. The summed E-state index contributed by atoms with van der Waals surface area (Å²) >= 11 is 0. The molecule has 0 spiro atoms. The van der Waals surface area contributed by atoms with Crippen molar-refractivity contribution in [2.45, 2.75) is 6.92 Å². The van der Waals surface area contributed by atoms with Crippen LogP contribution in [0.5, 0.6) is 11.5 Å². The number of halogens is 1. The average molecular weight is 232 g/mol. The molecule has 0 fully saturated rings. The van der Waals surface area contributed by atoms with Crippen LogP contribution in [-0.4, -0.2) is 11.7 Å². The highest BCUT2D eigenvalue weighted by Gasteiger charge is 2.06. The summed E-state index contributed by atoms with van der Waals surface area (Å²) in [5, 5.41) is 9.70. The van der Waals surface area contributed by atoms with Gasteiger partial charge in [0.25, 0.3) is 0 Å². The Balaban J connectivity index is 2.45. The fourth-order valence-corrected chi connectivity index (χ4v) is 1.66. The molecule has 0 aliphatic heterocycles. The molecule has 2 aromatic carbocycles. The van der Waals surface area contributed by atoms with Crippen LogP contribution in [0.15, 0.2) is 42.5 Å². The Kier molecular flexibility index (Phi) is 3.28. The Hall–Kier alpha value is -2.03. The van der Waals surface area contributed by atoms with Crippen LogP contribution in [0.4, 0.5) is 4.39 Å². The topological polar surface area (TPSA) is 29.5 Å². The first kappa shape index (κ1) is 11.5. The van der Waals surface area contributed by atoms with Gasteiger partial charge in [-0.15, -0.1) is 0 Å². The summed E-state index contributed by atoms with van der Waals surface area (Å²) < 4.78 is 18.5. The minimum atomic E-state index is -0.375. The molecule has 0 saturated carbocycles. The van der Waals surface area contributed by atoms with Crippen LogP contribution in [0, 0.1) is 5.82 Å². The fraction of sp³-hybridized carbons (Fsp3) is 0.143. The van der Waals surface area contributed by atoms with Gasteiger partial charge in [0.15, 0.2) is 0 Å². The average Bonchev–Trinajstić information content (AvgIpc) is 2.33. The Morgan fingerprint density at radius 1 is 1.18 bits per heavy atom. The van der Waals surface area contributed by atoms with Crippen molar-refractivity contribution in [2.24, 2.45) is 0 Å². The van der Waals surface area contributed by atoms with Crippen LogP contribution >= 0.6 is 0 Å². The van der Waals surface area contributed by atoms with E-state index in [0.717, 1.165) is 5.56 Å². The molecule has 3 heteroatoms. The monoisotopic (exact) mass is 232 g/mol. The minimum absolute atomic E-state index is 0.0556. The Morgan fingerprint density at radius 3 is 2.76 bits per heavy atom. The standard InChI is InChI=1S/C14H13FO2/c1-2-17-12-5-3-4-10(8-12)13-9-11(15)6-7-14(13)16/h3-9,16H,2H2,1H3. The van der Waals surface area contributed by atoms with E-state index in [0.29, 0.717) is 17.9 Å². The largest absolute Gasteiger partial charge is 0.507 e. The van der Waals surface area contributed by atoms with E-state index in [1.54, 1.807) is 12.1 Å². The molecule has 0 saturated heterocycles. The van der Waals surface area contributed by atoms with Crippen molar-refractivity contribution in [1.82, 2.24) is 0 Å². The molecule has 0 aliphatic rings. The normalized spacial score (nSPS) is 10.2. The number of benzene rings is 2. The molecule has 2 rings (SSSR count). The van der Waals surface area contributed by atoms with Gasteiger partial charge >= 0.3 is 0 Å². The molecular formula is C14H13FO2. The van der Waals surface area contributed by atoms with Gasteiger partial charge in [-0.05, 0) is 42.8 Å². The zero-order valence-corrected chi connectivity index (χ0v) is 9.48. The summed E-state index contributed by atoms with van der Waals surface area (Å²) in [5.41, 5.74) is 1.19. The minimum Gasteiger partial charge on any atom is -0.507 e. The molecule has 2 aromatic rings. The van der Waals surface area contributed by atoms with Crippen LogP contribution < -0.4 is 4.74 Å². The fourth-order valence-electron chi connectivity index (χ4n) is 1.66. The highest BCUT2D eigenvalue weighted by Crippen LogP contribution is 2.31. The number of hydrogen-bond donors (Lipinski definition) is 1. The smallest absolute Gasteiger partial charge is 0.124 e. The predicted molar refractivity (Wildman–Crippen MR) is 64.7 cm³/mol. The van der Waals surface area contributed by atoms with Gasteiger partial charge in [-0.2, -0.15) is 0 Å². The number of phenols is 1. The molecule has 0 unspecified atom stereocenters. The summed E-state index contributed by atoms with van der Waals surface area (Å²) in [6, 6.07) is 11.1. The lowest BCUT2D eigenvalue weighted by Gasteiger charge is -2.08. The molecule has 0 radical (unpaired) electrons. The van der Waals surface area contributed by atoms with Crippen molar-refractivity contribution in [3.05, 3.63) is 48.3 Å². The molecular weight excluding hydrogens is 219 g/mol. The van der Waals surface area contributed by atoms with Crippen LogP contribution in [0.2, 0.25) is 0 Å². The molecule has 0 aromatic heterocycles. The van der Waals surface area contributed by atoms with Crippen LogP contribution in [0.3, 0.4) is 0 Å². The summed E-state index contributed by atoms with van der Waals surface area (Å²) in [4.78, 5) is 0. The van der Waals surface area contributed by atoms with Crippen LogP contribution in [-0.2, 0) is 0 Å². The molecule has 0 aliphatic carbocycles. The van der Waals surface area contributed by atoms with Crippen molar-refractivity contribution in [2.75, 3.05) is 6.61 Å². The van der Waals surface area contributed by atoms with Gasteiger partial charge < -0.3 is 9.84 Å². The van der Waals surface area contributed by atoms with Gasteiger partial charge in [0.05, 0.1) is 6.61 Å². The van der Waals surface area contributed by atoms with E-state index in [2.05, 4.69) is 0 Å². The number of phenolic OH excluding ortho intramolecular Hbond substituents is 1. The second-order valence-corrected chi connectivity index (χ2v) is 3.62. The molecule has 88 valence electrons. The summed E-state index contributed by atoms with van der Waals surface area (Å²) in [6.45, 7) is 2.46. The van der Waals surface area contributed by atoms with Crippen LogP contribution in [0.1, 0.15) is 6.92 Å². The van der Waals surface area contributed by atoms with Crippen molar-refractivity contribution >= 4 is 0 Å². The molecule has 17 heavy (non-hydrogen) atoms. The zero-order valence-electron chi connectivity index (χ0n) is 9.48. The van der Waals surface area contributed by atoms with Crippen molar-refractivity contribution < 1.29 is 14.2 Å². The van der Waals surface area contributed by atoms with Gasteiger partial charge in [-0.3, -0.25) is 0 Å². The van der Waals surface area contributed by atoms with Crippen molar-refractivity contribution in [3.8, 4) is 22.6 Å². The first-order valence-electron chi connectivity index (χ1n) is 5.42. The molecule has 2 nitrogen and oxygen atoms in total. The van der Waals surface area contributed by atoms with Gasteiger partial charge in [-0.1, -0.05) is 12.1 Å². The molecule has 1 N–H and O–H groups in total. The second kappa shape index (κ2) is 4.87. The van der Waals surface area contributed by atoms with E-state index in [1.807, 2.05) is 19.1 Å². The van der Waals surface area contributed by atoms with E-state index in [9.17, 15) is 9.50 Å². The maximum Gasteiger partial charge on any atom is 0.124 e. The van der Waals surface area contributed by atoms with E-state index in [1.165, 1.54) is 18.2 Å². The van der Waals surface area contributed by atoms with Gasteiger partial charge in [0.2, 0.25) is 0 Å². The lowest BCUT2D eigenvalue weighted by Crippen LogP contribution is -1.91. The third kappa shape index (κ3) is 2.56. The molecule has 0 amide bonds. The van der Waals surface area contributed by atoms with Crippen molar-refractivity contribution in [3.63, 3.8) is 0 Å². The number of rotatable bonds is 3. The number of ether oxygens (including phenoxy) is 1. The Bertz CT molecular complexity index is 523. The molecule has 0 bridgehead atoms. The quantitative estimate of drug-likeness (QED) is 0.876. The number of hydrogen-bond acceptors (Lipinski definition) is 2. The predicted octanol–water partition coefficient (Wildman–Crippen LogP) is 3.60. The SMILES string of the molecule is CCOc1cccc(-c2cc(F)ccc2O)c1. The first-order valence-corrected chi connectivity index (χ1v) is 5.42. The van der Waals surface area contributed by atoms with E-state index >= 15 is 0 Å². The van der Waals surface area contributed by atoms with E-state index < -0.39 is 0 Å². The van der Waals surface area contributed by atoms with Gasteiger partial charge in [0, 0.05) is 5.56 Å². The number of aromatic hydroxyl groups is 1. The van der Waals surface area contributed by atoms with E-state index in [-0.39, 0.29) is 11.6 Å². The Labute approximate surface area is 99.3 Å². The van der Waals surface area contributed by atoms with Crippen LogP contribution in [0.25, 0.3) is 11.1 Å². The Morgan fingerprint density at radius 2 is 2.00 bits per heavy atom. The lowest BCUT2D eigenvalue weighted by atomic mass is 10.0. The zero-order chi connectivity index (χ0) is 12.3. The van der Waals surface area contributed by atoms with Crippen molar-refractivity contribution in [1.29, 1.82) is 0 Å². The molecule has 0 heterocycles. The summed E-state index contributed by atoms with van der Waals surface area (Å²) in [6.07, 6.45) is 0. The maximum absolute atomic E-state index is 13.1. The third-order valence-corrected chi connectivity index (χ3v) is 2.41.